The summed E-state index contributed by atoms with van der Waals surface area (Å²) in [6, 6.07) is 12.0. The molecule has 0 saturated heterocycles. The van der Waals surface area contributed by atoms with Gasteiger partial charge in [-0.15, -0.1) is 0 Å². The molecule has 0 spiro atoms. The molecule has 2 aromatic rings. The van der Waals surface area contributed by atoms with Crippen molar-refractivity contribution in [1.29, 1.82) is 0 Å². The minimum Gasteiger partial charge on any atom is -0.384 e. The third-order valence-corrected chi connectivity index (χ3v) is 3.71. The zero-order valence-electron chi connectivity index (χ0n) is 13.8. The number of rotatable bonds is 6. The third kappa shape index (κ3) is 4.81. The smallest absolute Gasteiger partial charge is 0.226 e. The maximum absolute atomic E-state index is 12.8. The van der Waals surface area contributed by atoms with Crippen LogP contribution in [-0.4, -0.2) is 12.5 Å². The van der Waals surface area contributed by atoms with Gasteiger partial charge in [-0.2, -0.15) is 0 Å². The second-order valence-electron chi connectivity index (χ2n) is 5.93. The first kappa shape index (κ1) is 17.0. The van der Waals surface area contributed by atoms with E-state index in [4.69, 9.17) is 0 Å². The molecule has 0 aliphatic rings. The van der Waals surface area contributed by atoms with Crippen molar-refractivity contribution in [3.8, 4) is 0 Å². The van der Waals surface area contributed by atoms with Gasteiger partial charge in [0, 0.05) is 24.3 Å². The first-order chi connectivity index (χ1) is 11.0. The molecule has 3 nitrogen and oxygen atoms in total. The van der Waals surface area contributed by atoms with Gasteiger partial charge in [-0.05, 0) is 48.2 Å². The summed E-state index contributed by atoms with van der Waals surface area (Å²) < 4.78 is 12.8. The van der Waals surface area contributed by atoms with E-state index in [1.165, 1.54) is 23.3 Å². The van der Waals surface area contributed by atoms with Crippen molar-refractivity contribution in [3.05, 3.63) is 59.4 Å². The normalized spacial score (nSPS) is 10.7. The lowest BCUT2D eigenvalue weighted by Gasteiger charge is -2.17. The van der Waals surface area contributed by atoms with Gasteiger partial charge < -0.3 is 10.6 Å². The second kappa shape index (κ2) is 7.77. The first-order valence-corrected chi connectivity index (χ1v) is 7.86. The van der Waals surface area contributed by atoms with Gasteiger partial charge in [-0.3, -0.25) is 4.79 Å². The van der Waals surface area contributed by atoms with E-state index >= 15 is 0 Å². The highest BCUT2D eigenvalue weighted by Gasteiger charge is 2.09. The molecule has 0 fully saturated rings. The molecular weight excluding hydrogens is 291 g/mol. The van der Waals surface area contributed by atoms with E-state index in [1.54, 1.807) is 12.1 Å². The highest BCUT2D eigenvalue weighted by Crippen LogP contribution is 2.27. The molecule has 23 heavy (non-hydrogen) atoms. The van der Waals surface area contributed by atoms with Crippen molar-refractivity contribution in [3.63, 3.8) is 0 Å². The molecule has 122 valence electrons. The van der Waals surface area contributed by atoms with Crippen molar-refractivity contribution < 1.29 is 9.18 Å². The van der Waals surface area contributed by atoms with E-state index in [0.717, 1.165) is 5.69 Å². The predicted octanol–water partition coefficient (Wildman–Crippen LogP) is 4.70. The standard InChI is InChI=1S/C19H23FN2O/c1-13(2)17-6-4-5-14(3)19(17)21-12-11-18(23)22-16-9-7-15(20)8-10-16/h4-10,13,21H,11-12H2,1-3H3,(H,22,23). The topological polar surface area (TPSA) is 41.1 Å². The molecule has 0 saturated carbocycles. The number of aryl methyl sites for hydroxylation is 1. The Balaban J connectivity index is 1.90. The molecule has 2 aromatic carbocycles. The van der Waals surface area contributed by atoms with Gasteiger partial charge in [0.15, 0.2) is 0 Å². The summed E-state index contributed by atoms with van der Waals surface area (Å²) in [5.74, 6) is 0.0136. The molecule has 0 aliphatic carbocycles. The predicted molar refractivity (Wildman–Crippen MR) is 93.4 cm³/mol. The fourth-order valence-corrected chi connectivity index (χ4v) is 2.47. The summed E-state index contributed by atoms with van der Waals surface area (Å²) in [7, 11) is 0. The molecule has 0 atom stereocenters. The molecule has 2 N–H and O–H groups in total. The van der Waals surface area contributed by atoms with Gasteiger partial charge in [0.05, 0.1) is 0 Å². The number of carbonyl (C=O) groups is 1. The van der Waals surface area contributed by atoms with E-state index in [9.17, 15) is 9.18 Å². The van der Waals surface area contributed by atoms with E-state index in [2.05, 4.69) is 49.6 Å². The van der Waals surface area contributed by atoms with Crippen LogP contribution in [0.3, 0.4) is 0 Å². The fraction of sp³-hybridized carbons (Fsp3) is 0.316. The number of hydrogen-bond donors (Lipinski definition) is 2. The molecule has 0 aromatic heterocycles. The molecule has 0 radical (unpaired) electrons. The average Bonchev–Trinajstić information content (AvgIpc) is 2.51. The van der Waals surface area contributed by atoms with Crippen LogP contribution in [0, 0.1) is 12.7 Å². The molecular formula is C19H23FN2O. The SMILES string of the molecule is Cc1cccc(C(C)C)c1NCCC(=O)Nc1ccc(F)cc1. The fourth-order valence-electron chi connectivity index (χ4n) is 2.47. The Morgan fingerprint density at radius 3 is 2.48 bits per heavy atom. The van der Waals surface area contributed by atoms with Gasteiger partial charge in [-0.25, -0.2) is 4.39 Å². The van der Waals surface area contributed by atoms with E-state index in [-0.39, 0.29) is 11.7 Å². The number of carbonyl (C=O) groups excluding carboxylic acids is 1. The highest BCUT2D eigenvalue weighted by atomic mass is 19.1. The van der Waals surface area contributed by atoms with Gasteiger partial charge in [-0.1, -0.05) is 32.0 Å². The summed E-state index contributed by atoms with van der Waals surface area (Å²) in [6.07, 6.45) is 0.350. The van der Waals surface area contributed by atoms with Crippen LogP contribution in [0.5, 0.6) is 0 Å². The Bertz CT molecular complexity index is 666. The summed E-state index contributed by atoms with van der Waals surface area (Å²) in [4.78, 5) is 11.9. The number of halogens is 1. The minimum absolute atomic E-state index is 0.0937. The Kier molecular flexibility index (Phi) is 5.74. The van der Waals surface area contributed by atoms with E-state index in [0.29, 0.717) is 24.6 Å². The van der Waals surface area contributed by atoms with Crippen LogP contribution in [0.1, 0.15) is 37.3 Å². The zero-order chi connectivity index (χ0) is 16.8. The van der Waals surface area contributed by atoms with E-state index in [1.807, 2.05) is 0 Å². The van der Waals surface area contributed by atoms with Crippen molar-refractivity contribution >= 4 is 17.3 Å². The molecule has 1 amide bonds. The molecule has 0 unspecified atom stereocenters. The van der Waals surface area contributed by atoms with Crippen molar-refractivity contribution in [2.45, 2.75) is 33.1 Å². The molecule has 0 bridgehead atoms. The Morgan fingerprint density at radius 2 is 1.83 bits per heavy atom. The van der Waals surface area contributed by atoms with E-state index < -0.39 is 0 Å². The molecule has 4 heteroatoms. The van der Waals surface area contributed by atoms with Gasteiger partial charge in [0.1, 0.15) is 5.82 Å². The molecule has 0 aliphatic heterocycles. The number of benzene rings is 2. The third-order valence-electron chi connectivity index (χ3n) is 3.71. The summed E-state index contributed by atoms with van der Waals surface area (Å²) in [6.45, 7) is 6.92. The number of anilines is 2. The Labute approximate surface area is 136 Å². The van der Waals surface area contributed by atoms with Gasteiger partial charge >= 0.3 is 0 Å². The van der Waals surface area contributed by atoms with Crippen LogP contribution in [0.25, 0.3) is 0 Å². The number of amides is 1. The van der Waals surface area contributed by atoms with Crippen LogP contribution >= 0.6 is 0 Å². The number of hydrogen-bond acceptors (Lipinski definition) is 2. The lowest BCUT2D eigenvalue weighted by atomic mass is 9.98. The average molecular weight is 314 g/mol. The summed E-state index contributed by atoms with van der Waals surface area (Å²) in [5.41, 5.74) is 4.14. The van der Waals surface area contributed by atoms with Crippen molar-refractivity contribution in [2.24, 2.45) is 0 Å². The lowest BCUT2D eigenvalue weighted by Crippen LogP contribution is -2.17. The summed E-state index contributed by atoms with van der Waals surface area (Å²) >= 11 is 0. The second-order valence-corrected chi connectivity index (χ2v) is 5.93. The number of para-hydroxylation sites is 1. The molecule has 0 heterocycles. The lowest BCUT2D eigenvalue weighted by molar-refractivity contribution is -0.115. The number of nitrogens with one attached hydrogen (secondary N) is 2. The van der Waals surface area contributed by atoms with Crippen molar-refractivity contribution in [2.75, 3.05) is 17.2 Å². The highest BCUT2D eigenvalue weighted by molar-refractivity contribution is 5.91. The zero-order valence-corrected chi connectivity index (χ0v) is 13.8. The van der Waals surface area contributed by atoms with Gasteiger partial charge in [0.2, 0.25) is 5.91 Å². The quantitative estimate of drug-likeness (QED) is 0.811. The van der Waals surface area contributed by atoms with Crippen LogP contribution in [0.2, 0.25) is 0 Å². The Hall–Kier alpha value is -2.36. The monoisotopic (exact) mass is 314 g/mol. The van der Waals surface area contributed by atoms with Crippen LogP contribution in [0.4, 0.5) is 15.8 Å². The largest absolute Gasteiger partial charge is 0.384 e. The van der Waals surface area contributed by atoms with Crippen LogP contribution in [0.15, 0.2) is 42.5 Å². The maximum atomic E-state index is 12.8. The van der Waals surface area contributed by atoms with Crippen LogP contribution in [-0.2, 0) is 4.79 Å². The maximum Gasteiger partial charge on any atom is 0.226 e. The van der Waals surface area contributed by atoms with Crippen LogP contribution < -0.4 is 10.6 Å². The van der Waals surface area contributed by atoms with Gasteiger partial charge in [0.25, 0.3) is 0 Å². The molecule has 2 rings (SSSR count). The summed E-state index contributed by atoms with van der Waals surface area (Å²) in [5, 5.41) is 6.13. The first-order valence-electron chi connectivity index (χ1n) is 7.86. The van der Waals surface area contributed by atoms with Crippen molar-refractivity contribution in [1.82, 2.24) is 0 Å². The minimum atomic E-state index is -0.314. The Morgan fingerprint density at radius 1 is 1.13 bits per heavy atom.